The number of rotatable bonds is 8. The highest BCUT2D eigenvalue weighted by atomic mass is 35.5. The van der Waals surface area contributed by atoms with Crippen LogP contribution in [-0.4, -0.2) is 50.5 Å². The Labute approximate surface area is 228 Å². The number of benzene rings is 2. The third-order valence-electron chi connectivity index (χ3n) is 7.79. The predicted molar refractivity (Wildman–Crippen MR) is 137 cm³/mol. The lowest BCUT2D eigenvalue weighted by Crippen LogP contribution is -2.52. The molecule has 0 aromatic heterocycles. The number of sulfone groups is 1. The van der Waals surface area contributed by atoms with Crippen LogP contribution in [0.25, 0.3) is 0 Å². The fourth-order valence-electron chi connectivity index (χ4n) is 5.86. The van der Waals surface area contributed by atoms with E-state index < -0.39 is 71.2 Å². The van der Waals surface area contributed by atoms with Crippen LogP contribution in [0.3, 0.4) is 0 Å². The minimum atomic E-state index is -4.10. The van der Waals surface area contributed by atoms with Gasteiger partial charge in [0, 0.05) is 29.9 Å². The summed E-state index contributed by atoms with van der Waals surface area (Å²) in [5.41, 5.74) is -1.90. The Morgan fingerprint density at radius 1 is 0.974 bits per heavy atom. The highest BCUT2D eigenvalue weighted by molar-refractivity contribution is 7.92. The fraction of sp³-hybridized carbons (Fsp3) is 0.480. The van der Waals surface area contributed by atoms with Gasteiger partial charge in [-0.3, -0.25) is 4.79 Å². The Kier molecular flexibility index (Phi) is 7.28. The van der Waals surface area contributed by atoms with Crippen molar-refractivity contribution < 1.29 is 39.9 Å². The first-order chi connectivity index (χ1) is 18.2. The van der Waals surface area contributed by atoms with E-state index in [4.69, 9.17) is 11.6 Å². The molecule has 2 bridgehead atoms. The summed E-state index contributed by atoms with van der Waals surface area (Å²) < 4.78 is 94.9. The maximum atomic E-state index is 13.8. The summed E-state index contributed by atoms with van der Waals surface area (Å²) >= 11 is 6.25. The Hall–Kier alpha value is -2.19. The molecule has 0 heterocycles. The molecule has 0 saturated heterocycles. The van der Waals surface area contributed by atoms with Gasteiger partial charge in [0.05, 0.1) is 26.0 Å². The van der Waals surface area contributed by atoms with Crippen molar-refractivity contribution in [1.29, 1.82) is 0 Å². The van der Waals surface area contributed by atoms with Crippen LogP contribution >= 0.6 is 11.6 Å². The van der Waals surface area contributed by atoms with Crippen molar-refractivity contribution in [1.82, 2.24) is 4.72 Å². The van der Waals surface area contributed by atoms with E-state index in [2.05, 4.69) is 10.0 Å². The molecular formula is C25H26ClF3N2O6S2. The van der Waals surface area contributed by atoms with Gasteiger partial charge in [0.15, 0.2) is 27.3 Å². The van der Waals surface area contributed by atoms with Gasteiger partial charge in [0.2, 0.25) is 10.0 Å². The molecule has 3 saturated carbocycles. The van der Waals surface area contributed by atoms with E-state index in [1.807, 2.05) is 0 Å². The summed E-state index contributed by atoms with van der Waals surface area (Å²) in [5, 5.41) is 11.9. The molecule has 39 heavy (non-hydrogen) atoms. The summed E-state index contributed by atoms with van der Waals surface area (Å²) in [5.74, 6) is -6.50. The Morgan fingerprint density at radius 2 is 1.56 bits per heavy atom. The van der Waals surface area contributed by atoms with Crippen molar-refractivity contribution >= 4 is 43.1 Å². The number of hydrogen-bond acceptors (Lipinski definition) is 6. The molecule has 4 atom stereocenters. The van der Waals surface area contributed by atoms with Gasteiger partial charge in [0.1, 0.15) is 0 Å². The quantitative estimate of drug-likeness (QED) is 0.392. The van der Waals surface area contributed by atoms with Crippen molar-refractivity contribution in [2.45, 2.75) is 59.5 Å². The van der Waals surface area contributed by atoms with E-state index in [0.717, 1.165) is 6.07 Å². The molecular weight excluding hydrogens is 581 g/mol. The van der Waals surface area contributed by atoms with Gasteiger partial charge in [-0.05, 0) is 68.6 Å². The molecule has 3 aliphatic rings. The Morgan fingerprint density at radius 3 is 2.13 bits per heavy atom. The van der Waals surface area contributed by atoms with Crippen molar-refractivity contribution in [3.05, 3.63) is 58.4 Å². The number of halogens is 4. The molecule has 0 spiro atoms. The Bertz CT molecular complexity index is 1510. The van der Waals surface area contributed by atoms with Crippen molar-refractivity contribution in [3.8, 4) is 0 Å². The van der Waals surface area contributed by atoms with Crippen LogP contribution in [0.2, 0.25) is 5.02 Å². The molecule has 3 fully saturated rings. The molecule has 5 rings (SSSR count). The molecule has 8 nitrogen and oxygen atoms in total. The summed E-state index contributed by atoms with van der Waals surface area (Å²) in [7, 11) is -7.62. The minimum absolute atomic E-state index is 0.0834. The summed E-state index contributed by atoms with van der Waals surface area (Å²) in [4.78, 5) is 12.4. The second kappa shape index (κ2) is 10.0. The number of aliphatic hydroxyl groups is 1. The molecule has 212 valence electrons. The number of sulfonamides is 1. The highest BCUT2D eigenvalue weighted by Gasteiger charge is 2.54. The molecule has 1 amide bonds. The second-order valence-electron chi connectivity index (χ2n) is 10.7. The molecule has 3 N–H and O–H groups in total. The van der Waals surface area contributed by atoms with E-state index in [1.165, 1.54) is 12.1 Å². The van der Waals surface area contributed by atoms with Gasteiger partial charge in [-0.1, -0.05) is 11.6 Å². The number of carbonyl (C=O) groups is 1. The van der Waals surface area contributed by atoms with Gasteiger partial charge < -0.3 is 10.4 Å². The minimum Gasteiger partial charge on any atom is -0.389 e. The number of amides is 1. The smallest absolute Gasteiger partial charge is 0.255 e. The van der Waals surface area contributed by atoms with E-state index in [-0.39, 0.29) is 40.6 Å². The maximum Gasteiger partial charge on any atom is 0.255 e. The molecule has 3 unspecified atom stereocenters. The zero-order valence-corrected chi connectivity index (χ0v) is 22.9. The van der Waals surface area contributed by atoms with Crippen molar-refractivity contribution in [3.63, 3.8) is 0 Å². The van der Waals surface area contributed by atoms with E-state index in [1.54, 1.807) is 0 Å². The molecule has 14 heteroatoms. The first kappa shape index (κ1) is 28.3. The van der Waals surface area contributed by atoms with Gasteiger partial charge in [0.25, 0.3) is 5.91 Å². The number of anilines is 1. The molecule has 0 aliphatic heterocycles. The number of nitrogens with one attached hydrogen (secondary N) is 2. The van der Waals surface area contributed by atoms with Crippen LogP contribution in [0.5, 0.6) is 0 Å². The van der Waals surface area contributed by atoms with Crippen LogP contribution in [0, 0.1) is 29.3 Å². The van der Waals surface area contributed by atoms with Crippen LogP contribution in [0.4, 0.5) is 18.9 Å². The molecule has 2 aromatic rings. The first-order valence-electron chi connectivity index (χ1n) is 12.4. The van der Waals surface area contributed by atoms with Gasteiger partial charge >= 0.3 is 0 Å². The molecule has 0 radical (unpaired) electrons. The maximum absolute atomic E-state index is 13.8. The third-order valence-corrected chi connectivity index (χ3v) is 12.6. The average Bonchev–Trinajstić information content (AvgIpc) is 3.67. The van der Waals surface area contributed by atoms with Crippen LogP contribution in [-0.2, 0) is 19.9 Å². The van der Waals surface area contributed by atoms with E-state index in [0.29, 0.717) is 37.8 Å². The first-order valence-corrected chi connectivity index (χ1v) is 15.9. The van der Waals surface area contributed by atoms with Crippen LogP contribution in [0.15, 0.2) is 35.2 Å². The van der Waals surface area contributed by atoms with E-state index in [9.17, 15) is 39.9 Å². The van der Waals surface area contributed by atoms with Crippen LogP contribution < -0.4 is 10.0 Å². The number of hydrogen-bond donors (Lipinski definition) is 3. The SMILES string of the molecule is O=C(Nc1cc(F)c(F)c(F)c1)c1ccc(Cl)c(S(=O)(=O)C2C3CC[C@H]2CC(O)(CNS(=O)(=O)C2CC2)C3)c1. The van der Waals surface area contributed by atoms with Crippen molar-refractivity contribution in [2.75, 3.05) is 11.9 Å². The third kappa shape index (κ3) is 5.56. The van der Waals surface area contributed by atoms with Crippen LogP contribution in [0.1, 0.15) is 48.9 Å². The summed E-state index contributed by atoms with van der Waals surface area (Å²) in [6.07, 6.45) is 2.36. The largest absolute Gasteiger partial charge is 0.389 e. The standard InChI is InChI=1S/C25H26ClF3N2O6S2/c26-18-6-3-13(24(32)31-16-8-19(27)22(29)20(28)9-16)7-21(18)38(34,35)23-14-1-2-15(23)11-25(33,10-14)12-30-39(36,37)17-4-5-17/h3,6-9,14-15,17,23,30,33H,1-2,4-5,10-12H2,(H,31,32)/t14-,15?,23?,25?/m0/s1. The Balaban J connectivity index is 1.35. The molecule has 3 aliphatic carbocycles. The summed E-state index contributed by atoms with van der Waals surface area (Å²) in [6, 6.07) is 4.73. The van der Waals surface area contributed by atoms with E-state index >= 15 is 0 Å². The second-order valence-corrected chi connectivity index (χ2v) is 15.2. The lowest BCUT2D eigenvalue weighted by atomic mass is 9.77. The normalized spacial score (nSPS) is 26.9. The molecule has 2 aromatic carbocycles. The van der Waals surface area contributed by atoms with Crippen molar-refractivity contribution in [2.24, 2.45) is 11.8 Å². The number of fused-ring (bicyclic) bond motifs is 2. The lowest BCUT2D eigenvalue weighted by Gasteiger charge is -2.41. The average molecular weight is 607 g/mol. The lowest BCUT2D eigenvalue weighted by molar-refractivity contribution is -0.0136. The monoisotopic (exact) mass is 606 g/mol. The zero-order valence-electron chi connectivity index (χ0n) is 20.5. The number of carbonyl (C=O) groups excluding carboxylic acids is 1. The highest BCUT2D eigenvalue weighted by Crippen LogP contribution is 2.51. The topological polar surface area (TPSA) is 130 Å². The zero-order chi connectivity index (χ0) is 28.3. The van der Waals surface area contributed by atoms with Gasteiger partial charge in [-0.15, -0.1) is 0 Å². The van der Waals surface area contributed by atoms with Gasteiger partial charge in [-0.25, -0.2) is 34.7 Å². The summed E-state index contributed by atoms with van der Waals surface area (Å²) in [6.45, 7) is -0.188. The predicted octanol–water partition coefficient (Wildman–Crippen LogP) is 3.78. The fourth-order valence-corrected chi connectivity index (χ4v) is 10.2. The van der Waals surface area contributed by atoms with Gasteiger partial charge in [-0.2, -0.15) is 0 Å².